The number of nitrogens with one attached hydrogen (secondary N) is 2. The molecule has 6 nitrogen and oxygen atoms in total. The molecule has 1 aliphatic heterocycles. The summed E-state index contributed by atoms with van der Waals surface area (Å²) >= 11 is 12.0. The van der Waals surface area contributed by atoms with Crippen molar-refractivity contribution in [2.24, 2.45) is 0 Å². The van der Waals surface area contributed by atoms with Crippen LogP contribution in [0, 0.1) is 6.92 Å². The van der Waals surface area contributed by atoms with Crippen LogP contribution in [-0.2, 0) is 14.8 Å². The first-order chi connectivity index (χ1) is 13.3. The molecule has 2 aromatic carbocycles. The molecular weight excluding hydrogens is 421 g/mol. The molecule has 0 unspecified atom stereocenters. The summed E-state index contributed by atoms with van der Waals surface area (Å²) in [5.41, 5.74) is 1.48. The summed E-state index contributed by atoms with van der Waals surface area (Å²) in [6, 6.07) is 11.9. The second-order valence-corrected chi connectivity index (χ2v) is 9.52. The van der Waals surface area contributed by atoms with E-state index in [0.29, 0.717) is 46.8 Å². The number of hydrogen-bond acceptors (Lipinski definition) is 3. The monoisotopic (exact) mass is 442 g/mol. The Morgan fingerprint density at radius 2 is 1.75 bits per heavy atom. The van der Waals surface area contributed by atoms with Crippen LogP contribution >= 0.6 is 23.2 Å². The van der Waals surface area contributed by atoms with Crippen LogP contribution in [0.4, 0.5) is 5.69 Å². The first-order valence-electron chi connectivity index (χ1n) is 8.91. The van der Waals surface area contributed by atoms with E-state index >= 15 is 0 Å². The highest BCUT2D eigenvalue weighted by Gasteiger charge is 2.31. The minimum Gasteiger partial charge on any atom is -0.325 e. The van der Waals surface area contributed by atoms with Gasteiger partial charge in [0.25, 0.3) is 5.91 Å². The van der Waals surface area contributed by atoms with Crippen molar-refractivity contribution >= 4 is 44.8 Å². The smallest absolute Gasteiger partial charge is 0.279 e. The van der Waals surface area contributed by atoms with Crippen molar-refractivity contribution in [3.05, 3.63) is 58.1 Å². The molecule has 1 amide bonds. The number of nitrogens with zero attached hydrogens (tertiary/aromatic N) is 1. The van der Waals surface area contributed by atoms with Crippen molar-refractivity contribution in [2.45, 2.75) is 11.8 Å². The highest BCUT2D eigenvalue weighted by atomic mass is 35.5. The fourth-order valence-electron chi connectivity index (χ4n) is 3.10. The van der Waals surface area contributed by atoms with E-state index in [1.54, 1.807) is 42.5 Å². The summed E-state index contributed by atoms with van der Waals surface area (Å²) in [6.45, 7) is 4.01. The number of sulfonamides is 1. The van der Waals surface area contributed by atoms with E-state index in [2.05, 4.69) is 5.32 Å². The second kappa shape index (κ2) is 8.80. The van der Waals surface area contributed by atoms with Crippen LogP contribution in [0.1, 0.15) is 5.56 Å². The van der Waals surface area contributed by atoms with Gasteiger partial charge in [-0.25, -0.2) is 8.42 Å². The number of amides is 1. The molecule has 1 fully saturated rings. The van der Waals surface area contributed by atoms with Gasteiger partial charge in [-0.2, -0.15) is 4.31 Å². The lowest BCUT2D eigenvalue weighted by Crippen LogP contribution is -3.15. The van der Waals surface area contributed by atoms with Gasteiger partial charge in [-0.1, -0.05) is 47.0 Å². The van der Waals surface area contributed by atoms with Crippen LogP contribution in [-0.4, -0.2) is 51.4 Å². The van der Waals surface area contributed by atoms with Gasteiger partial charge in [-0.05, 0) is 31.2 Å². The third kappa shape index (κ3) is 4.85. The number of benzene rings is 2. The van der Waals surface area contributed by atoms with Crippen LogP contribution in [0.2, 0.25) is 10.0 Å². The first-order valence-corrected chi connectivity index (χ1v) is 11.1. The molecule has 1 saturated heterocycles. The van der Waals surface area contributed by atoms with Gasteiger partial charge < -0.3 is 10.2 Å². The molecule has 0 atom stereocenters. The van der Waals surface area contributed by atoms with E-state index in [1.807, 2.05) is 6.92 Å². The molecule has 1 aliphatic rings. The van der Waals surface area contributed by atoms with Crippen LogP contribution in [0.5, 0.6) is 0 Å². The third-order valence-corrected chi connectivity index (χ3v) is 7.46. The predicted molar refractivity (Wildman–Crippen MR) is 111 cm³/mol. The summed E-state index contributed by atoms with van der Waals surface area (Å²) in [4.78, 5) is 13.6. The summed E-state index contributed by atoms with van der Waals surface area (Å²) in [5, 5.41) is 3.45. The topological polar surface area (TPSA) is 70.9 Å². The van der Waals surface area contributed by atoms with Gasteiger partial charge in [0.2, 0.25) is 10.0 Å². The highest BCUT2D eigenvalue weighted by Crippen LogP contribution is 2.29. The number of halogens is 2. The molecule has 1 heterocycles. The zero-order valence-electron chi connectivity index (χ0n) is 15.4. The maximum Gasteiger partial charge on any atom is 0.279 e. The van der Waals surface area contributed by atoms with E-state index < -0.39 is 10.0 Å². The molecule has 0 bridgehead atoms. The van der Waals surface area contributed by atoms with Gasteiger partial charge in [-0.15, -0.1) is 0 Å². The number of carbonyl (C=O) groups excluding carboxylic acids is 1. The van der Waals surface area contributed by atoms with Gasteiger partial charge in [-0.3, -0.25) is 4.79 Å². The number of quaternary nitrogens is 1. The van der Waals surface area contributed by atoms with Crippen LogP contribution < -0.4 is 10.2 Å². The van der Waals surface area contributed by atoms with E-state index in [4.69, 9.17) is 23.2 Å². The minimum atomic E-state index is -3.50. The Morgan fingerprint density at radius 3 is 2.39 bits per heavy atom. The zero-order chi connectivity index (χ0) is 20.3. The number of rotatable bonds is 5. The predicted octanol–water partition coefficient (Wildman–Crippen LogP) is 1.83. The van der Waals surface area contributed by atoms with Crippen LogP contribution in [0.25, 0.3) is 0 Å². The number of aryl methyl sites for hydroxylation is 1. The molecule has 0 saturated carbocycles. The van der Waals surface area contributed by atoms with Gasteiger partial charge in [0.15, 0.2) is 6.54 Å². The minimum absolute atomic E-state index is 0.186. The lowest BCUT2D eigenvalue weighted by atomic mass is 10.2. The summed E-state index contributed by atoms with van der Waals surface area (Å²) < 4.78 is 27.0. The number of anilines is 1. The highest BCUT2D eigenvalue weighted by molar-refractivity contribution is 7.89. The first kappa shape index (κ1) is 21.1. The molecule has 0 aromatic heterocycles. The lowest BCUT2D eigenvalue weighted by Gasteiger charge is -2.31. The molecule has 0 radical (unpaired) electrons. The van der Waals surface area contributed by atoms with Crippen molar-refractivity contribution in [1.29, 1.82) is 0 Å². The summed E-state index contributed by atoms with van der Waals surface area (Å²) in [5.74, 6) is -0.186. The fourth-order valence-corrected chi connectivity index (χ4v) is 4.89. The van der Waals surface area contributed by atoms with Crippen molar-refractivity contribution in [3.63, 3.8) is 0 Å². The Balaban J connectivity index is 1.56. The Kier molecular flexibility index (Phi) is 6.62. The van der Waals surface area contributed by atoms with Crippen molar-refractivity contribution < 1.29 is 18.1 Å². The molecule has 2 N–H and O–H groups in total. The number of carbonyl (C=O) groups is 1. The molecular formula is C19H22Cl2N3O3S+. The Labute approximate surface area is 175 Å². The van der Waals surface area contributed by atoms with E-state index in [9.17, 15) is 13.2 Å². The average Bonchev–Trinajstić information content (AvgIpc) is 2.66. The molecule has 150 valence electrons. The molecule has 0 aliphatic carbocycles. The quantitative estimate of drug-likeness (QED) is 0.741. The normalized spacial score (nSPS) is 16.1. The summed E-state index contributed by atoms with van der Waals surface area (Å²) in [7, 11) is -3.50. The van der Waals surface area contributed by atoms with Crippen molar-refractivity contribution in [3.8, 4) is 0 Å². The Bertz CT molecular complexity index is 957. The lowest BCUT2D eigenvalue weighted by molar-refractivity contribution is -0.895. The van der Waals surface area contributed by atoms with Crippen LogP contribution in [0.3, 0.4) is 0 Å². The van der Waals surface area contributed by atoms with E-state index in [1.165, 1.54) is 4.31 Å². The SMILES string of the molecule is Cc1ccc(S(=O)(=O)N2CC[NH+](CC(=O)Nc3cccc(Cl)c3Cl)CC2)cc1. The number of hydrogen-bond donors (Lipinski definition) is 2. The Morgan fingerprint density at radius 1 is 1.11 bits per heavy atom. The van der Waals surface area contributed by atoms with Crippen LogP contribution in [0.15, 0.2) is 47.4 Å². The second-order valence-electron chi connectivity index (χ2n) is 6.79. The Hall–Kier alpha value is -1.64. The maximum absolute atomic E-state index is 12.7. The van der Waals surface area contributed by atoms with E-state index in [0.717, 1.165) is 10.5 Å². The fraction of sp³-hybridized carbons (Fsp3) is 0.316. The van der Waals surface area contributed by atoms with Crippen molar-refractivity contribution in [2.75, 3.05) is 38.0 Å². The van der Waals surface area contributed by atoms with E-state index in [-0.39, 0.29) is 12.5 Å². The molecule has 9 heteroatoms. The summed E-state index contributed by atoms with van der Waals surface area (Å²) in [6.07, 6.45) is 0. The van der Waals surface area contributed by atoms with Crippen molar-refractivity contribution in [1.82, 2.24) is 4.31 Å². The molecule has 2 aromatic rings. The van der Waals surface area contributed by atoms with Gasteiger partial charge in [0.05, 0.1) is 46.8 Å². The third-order valence-electron chi connectivity index (χ3n) is 4.72. The molecule has 3 rings (SSSR count). The zero-order valence-corrected chi connectivity index (χ0v) is 17.7. The maximum atomic E-state index is 12.7. The molecule has 0 spiro atoms. The molecule has 28 heavy (non-hydrogen) atoms. The van der Waals surface area contributed by atoms with Gasteiger partial charge in [0, 0.05) is 0 Å². The van der Waals surface area contributed by atoms with Gasteiger partial charge in [0.1, 0.15) is 0 Å². The number of piperazine rings is 1. The standard InChI is InChI=1S/C19H21Cl2N3O3S/c1-14-5-7-15(8-6-14)28(26,27)24-11-9-23(10-12-24)13-18(25)22-17-4-2-3-16(20)19(17)21/h2-8H,9-13H2,1H3,(H,22,25)/p+1. The largest absolute Gasteiger partial charge is 0.325 e. The average molecular weight is 443 g/mol. The van der Waals surface area contributed by atoms with Gasteiger partial charge >= 0.3 is 0 Å².